The van der Waals surface area contributed by atoms with E-state index in [4.69, 9.17) is 4.74 Å². The minimum absolute atomic E-state index is 0.221. The number of hydrogen-bond donors (Lipinski definition) is 2. The van der Waals surface area contributed by atoms with E-state index in [1.165, 1.54) is 32.7 Å². The zero-order valence-corrected chi connectivity index (χ0v) is 14.0. The molecule has 0 saturated carbocycles. The fourth-order valence-corrected chi connectivity index (χ4v) is 2.81. The Balaban J connectivity index is 1.83. The van der Waals surface area contributed by atoms with Gasteiger partial charge < -0.3 is 15.4 Å². The lowest BCUT2D eigenvalue weighted by molar-refractivity contribution is 0.0153. The van der Waals surface area contributed by atoms with Crippen LogP contribution < -0.4 is 10.6 Å². The normalized spacial score (nSPS) is 29.5. The molecule has 0 aromatic heterocycles. The van der Waals surface area contributed by atoms with Crippen LogP contribution in [0.3, 0.4) is 0 Å². The molecule has 3 rings (SSSR count). The van der Waals surface area contributed by atoms with E-state index in [0.29, 0.717) is 12.6 Å². The van der Waals surface area contributed by atoms with Gasteiger partial charge in [-0.1, -0.05) is 0 Å². The second-order valence-electron chi connectivity index (χ2n) is 6.53. The molecule has 1 unspecified atom stereocenters. The Morgan fingerprint density at radius 1 is 1.24 bits per heavy atom. The minimum Gasteiger partial charge on any atom is -0.377 e. The molecule has 0 aromatic carbocycles. The Morgan fingerprint density at radius 3 is 2.48 bits per heavy atom. The topological polar surface area (TPSA) is 52.1 Å². The third-order valence-electron chi connectivity index (χ3n) is 4.41. The highest BCUT2D eigenvalue weighted by molar-refractivity contribution is 5.79. The lowest BCUT2D eigenvalue weighted by Gasteiger charge is -2.47. The summed E-state index contributed by atoms with van der Waals surface area (Å²) < 4.78 is 5.42. The SMILES string of the molecule is CCNC(=NCC(C)(C)OC)NCC1CN2CCN1CC2. The van der Waals surface area contributed by atoms with Gasteiger partial charge in [-0.05, 0) is 20.8 Å². The van der Waals surface area contributed by atoms with Crippen molar-refractivity contribution in [1.82, 2.24) is 20.4 Å². The third-order valence-corrected chi connectivity index (χ3v) is 4.41. The number of nitrogens with zero attached hydrogens (tertiary/aromatic N) is 3. The number of nitrogens with one attached hydrogen (secondary N) is 2. The Morgan fingerprint density at radius 2 is 1.95 bits per heavy atom. The van der Waals surface area contributed by atoms with Crippen LogP contribution >= 0.6 is 0 Å². The number of guanidine groups is 1. The number of piperazine rings is 3. The van der Waals surface area contributed by atoms with Gasteiger partial charge in [-0.2, -0.15) is 0 Å². The van der Waals surface area contributed by atoms with E-state index in [1.807, 2.05) is 0 Å². The van der Waals surface area contributed by atoms with E-state index < -0.39 is 0 Å². The van der Waals surface area contributed by atoms with Gasteiger partial charge in [0.1, 0.15) is 0 Å². The number of aliphatic imine (C=N–C) groups is 1. The first kappa shape index (κ1) is 16.5. The van der Waals surface area contributed by atoms with Crippen LogP contribution in [0.15, 0.2) is 4.99 Å². The molecule has 0 spiro atoms. The minimum atomic E-state index is -0.221. The number of rotatable bonds is 6. The van der Waals surface area contributed by atoms with Crippen molar-refractivity contribution < 1.29 is 4.74 Å². The summed E-state index contributed by atoms with van der Waals surface area (Å²) in [7, 11) is 1.73. The maximum absolute atomic E-state index is 5.42. The van der Waals surface area contributed by atoms with E-state index in [0.717, 1.165) is 19.0 Å². The molecule has 3 fully saturated rings. The highest BCUT2D eigenvalue weighted by Gasteiger charge is 2.31. The smallest absolute Gasteiger partial charge is 0.191 e. The van der Waals surface area contributed by atoms with Crippen LogP contribution in [0.25, 0.3) is 0 Å². The molecule has 0 radical (unpaired) electrons. The van der Waals surface area contributed by atoms with Crippen LogP contribution in [0.1, 0.15) is 20.8 Å². The molecular formula is C15H31N5O. The molecule has 3 aliphatic rings. The molecule has 6 heteroatoms. The Labute approximate surface area is 128 Å². The quantitative estimate of drug-likeness (QED) is 0.532. The highest BCUT2D eigenvalue weighted by atomic mass is 16.5. The molecule has 2 N–H and O–H groups in total. The summed E-state index contributed by atoms with van der Waals surface area (Å²) in [6.45, 7) is 14.7. The summed E-state index contributed by atoms with van der Waals surface area (Å²) in [5.41, 5.74) is -0.221. The van der Waals surface area contributed by atoms with Crippen LogP contribution in [0.5, 0.6) is 0 Å². The van der Waals surface area contributed by atoms with Crippen molar-refractivity contribution in [1.29, 1.82) is 0 Å². The van der Waals surface area contributed by atoms with Crippen molar-refractivity contribution in [3.8, 4) is 0 Å². The lowest BCUT2D eigenvalue weighted by atomic mass is 10.1. The molecular weight excluding hydrogens is 266 g/mol. The summed E-state index contributed by atoms with van der Waals surface area (Å²) in [6, 6.07) is 0.604. The number of fused-ring (bicyclic) bond motifs is 3. The highest BCUT2D eigenvalue weighted by Crippen LogP contribution is 2.14. The first-order valence-corrected chi connectivity index (χ1v) is 8.08. The average Bonchev–Trinajstić information content (AvgIpc) is 2.51. The van der Waals surface area contributed by atoms with Gasteiger partial charge in [0, 0.05) is 59.0 Å². The van der Waals surface area contributed by atoms with Crippen molar-refractivity contribution in [2.45, 2.75) is 32.4 Å². The van der Waals surface area contributed by atoms with E-state index in [-0.39, 0.29) is 5.60 Å². The maximum Gasteiger partial charge on any atom is 0.191 e. The van der Waals surface area contributed by atoms with Crippen molar-refractivity contribution in [3.63, 3.8) is 0 Å². The zero-order chi connectivity index (χ0) is 15.3. The molecule has 0 aliphatic carbocycles. The molecule has 122 valence electrons. The van der Waals surface area contributed by atoms with E-state index >= 15 is 0 Å². The van der Waals surface area contributed by atoms with Crippen LogP contribution in [0, 0.1) is 0 Å². The molecule has 0 amide bonds. The van der Waals surface area contributed by atoms with Gasteiger partial charge in [0.15, 0.2) is 5.96 Å². The number of ether oxygens (including phenoxy) is 1. The van der Waals surface area contributed by atoms with Crippen LogP contribution in [-0.2, 0) is 4.74 Å². The van der Waals surface area contributed by atoms with Gasteiger partial charge >= 0.3 is 0 Å². The van der Waals surface area contributed by atoms with Gasteiger partial charge in [-0.3, -0.25) is 14.8 Å². The Bertz CT molecular complexity index is 350. The van der Waals surface area contributed by atoms with Gasteiger partial charge in [0.2, 0.25) is 0 Å². The molecule has 1 atom stereocenters. The monoisotopic (exact) mass is 297 g/mol. The van der Waals surface area contributed by atoms with Crippen molar-refractivity contribution >= 4 is 5.96 Å². The van der Waals surface area contributed by atoms with Crippen LogP contribution in [0.4, 0.5) is 0 Å². The summed E-state index contributed by atoms with van der Waals surface area (Å²) >= 11 is 0. The second kappa shape index (κ2) is 7.42. The maximum atomic E-state index is 5.42. The first-order chi connectivity index (χ1) is 10.0. The molecule has 3 heterocycles. The van der Waals surface area contributed by atoms with E-state index in [9.17, 15) is 0 Å². The lowest BCUT2D eigenvalue weighted by Crippen LogP contribution is -2.63. The van der Waals surface area contributed by atoms with Gasteiger partial charge in [-0.15, -0.1) is 0 Å². The predicted molar refractivity (Wildman–Crippen MR) is 86.9 cm³/mol. The van der Waals surface area contributed by atoms with Crippen LogP contribution in [0.2, 0.25) is 0 Å². The third kappa shape index (κ3) is 4.83. The fourth-order valence-electron chi connectivity index (χ4n) is 2.81. The van der Waals surface area contributed by atoms with E-state index in [2.05, 4.69) is 46.2 Å². The second-order valence-corrected chi connectivity index (χ2v) is 6.53. The van der Waals surface area contributed by atoms with E-state index in [1.54, 1.807) is 7.11 Å². The average molecular weight is 297 g/mol. The van der Waals surface area contributed by atoms with Gasteiger partial charge in [0.25, 0.3) is 0 Å². The Hall–Kier alpha value is -0.850. The largest absolute Gasteiger partial charge is 0.377 e. The molecule has 3 aliphatic heterocycles. The summed E-state index contributed by atoms with van der Waals surface area (Å²) in [5.74, 6) is 0.889. The van der Waals surface area contributed by atoms with Crippen molar-refractivity contribution in [2.24, 2.45) is 4.99 Å². The first-order valence-electron chi connectivity index (χ1n) is 8.08. The Kier molecular flexibility index (Phi) is 5.84. The molecule has 2 bridgehead atoms. The summed E-state index contributed by atoms with van der Waals surface area (Å²) in [6.07, 6.45) is 0. The number of methoxy groups -OCH3 is 1. The zero-order valence-electron chi connectivity index (χ0n) is 14.0. The summed E-state index contributed by atoms with van der Waals surface area (Å²) in [4.78, 5) is 9.79. The van der Waals surface area contributed by atoms with Gasteiger partial charge in [-0.25, -0.2) is 0 Å². The van der Waals surface area contributed by atoms with Crippen molar-refractivity contribution in [3.05, 3.63) is 0 Å². The molecule has 6 nitrogen and oxygen atoms in total. The summed E-state index contributed by atoms with van der Waals surface area (Å²) in [5, 5.41) is 6.80. The fraction of sp³-hybridized carbons (Fsp3) is 0.933. The molecule has 21 heavy (non-hydrogen) atoms. The standard InChI is InChI=1S/C15H31N5O/c1-5-16-14(18-12-15(2,3)21-4)17-10-13-11-19-6-8-20(13)9-7-19/h13H,5-12H2,1-4H3,(H2,16,17,18). The van der Waals surface area contributed by atoms with Crippen molar-refractivity contribution in [2.75, 3.05) is 59.5 Å². The molecule has 3 saturated heterocycles. The van der Waals surface area contributed by atoms with Gasteiger partial charge in [0.05, 0.1) is 12.1 Å². The number of hydrogen-bond acceptors (Lipinski definition) is 4. The molecule has 0 aromatic rings. The predicted octanol–water partition coefficient (Wildman–Crippen LogP) is -0.0337. The van der Waals surface area contributed by atoms with Crippen LogP contribution in [-0.4, -0.2) is 86.9 Å².